The molecule has 0 spiro atoms. The van der Waals surface area contributed by atoms with Crippen LogP contribution < -0.4 is 4.90 Å². The van der Waals surface area contributed by atoms with E-state index in [9.17, 15) is 14.7 Å². The van der Waals surface area contributed by atoms with Crippen LogP contribution in [-0.4, -0.2) is 16.8 Å². The fraction of sp³-hybridized carbons (Fsp3) is 0.111. The molecule has 1 aromatic heterocycles. The van der Waals surface area contributed by atoms with E-state index in [0.717, 1.165) is 27.4 Å². The Morgan fingerprint density at radius 2 is 1.76 bits per heavy atom. The fourth-order valence-electron chi connectivity index (χ4n) is 4.20. The Bertz CT molecular complexity index is 1400. The highest BCUT2D eigenvalue weighted by atomic mass is 79.9. The highest BCUT2D eigenvalue weighted by Gasteiger charge is 2.45. The number of ketones is 1. The van der Waals surface area contributed by atoms with E-state index in [0.29, 0.717) is 11.3 Å². The largest absolute Gasteiger partial charge is 0.503 e. The van der Waals surface area contributed by atoms with Crippen molar-refractivity contribution in [2.45, 2.75) is 19.4 Å². The molecule has 2 heterocycles. The van der Waals surface area contributed by atoms with Crippen molar-refractivity contribution in [2.24, 2.45) is 0 Å². The molecular weight excluding hydrogens is 482 g/mol. The summed E-state index contributed by atoms with van der Waals surface area (Å²) in [5.74, 6) is -1.62. The first-order valence-electron chi connectivity index (χ1n) is 10.6. The highest BCUT2D eigenvalue weighted by molar-refractivity contribution is 9.10. The van der Waals surface area contributed by atoms with Crippen LogP contribution in [0.5, 0.6) is 0 Å². The smallest absolute Gasteiger partial charge is 0.294 e. The number of anilines is 1. The number of Topliss-reactive ketones (excluding diaryl/α,β-unsaturated/α-hetero) is 1. The van der Waals surface area contributed by atoms with E-state index < -0.39 is 23.5 Å². The molecule has 0 fully saturated rings. The summed E-state index contributed by atoms with van der Waals surface area (Å²) in [4.78, 5) is 28.3. The number of amides is 1. The molecule has 5 nitrogen and oxygen atoms in total. The molecule has 5 rings (SSSR count). The predicted octanol–water partition coefficient (Wildman–Crippen LogP) is 6.54. The van der Waals surface area contributed by atoms with Gasteiger partial charge in [0.05, 0.1) is 11.6 Å². The minimum atomic E-state index is -0.779. The standard InChI is InChI=1S/C27H20BrNO4/c1-2-16-8-10-17(11-9-16)24-23(26(31)27(32)29(24)20-6-4-3-5-7-20)25(30)22-15-18-14-19(28)12-13-21(18)33-22/h3-15,24,31H,2H2,1H3. The van der Waals surface area contributed by atoms with Crippen LogP contribution >= 0.6 is 15.9 Å². The second-order valence-electron chi connectivity index (χ2n) is 7.89. The molecule has 33 heavy (non-hydrogen) atoms. The zero-order valence-corrected chi connectivity index (χ0v) is 19.4. The third-order valence-electron chi connectivity index (χ3n) is 5.89. The monoisotopic (exact) mass is 501 g/mol. The maximum Gasteiger partial charge on any atom is 0.294 e. The number of nitrogens with zero attached hydrogens (tertiary/aromatic N) is 1. The van der Waals surface area contributed by atoms with Crippen molar-refractivity contribution in [1.82, 2.24) is 0 Å². The van der Waals surface area contributed by atoms with Gasteiger partial charge in [-0.2, -0.15) is 0 Å². The lowest BCUT2D eigenvalue weighted by Crippen LogP contribution is -2.31. The first-order valence-corrected chi connectivity index (χ1v) is 11.4. The van der Waals surface area contributed by atoms with Gasteiger partial charge in [0, 0.05) is 15.5 Å². The molecule has 6 heteroatoms. The van der Waals surface area contributed by atoms with Gasteiger partial charge in [0.25, 0.3) is 5.91 Å². The molecule has 0 saturated heterocycles. The molecule has 0 aliphatic carbocycles. The number of aliphatic hydroxyl groups excluding tert-OH is 1. The zero-order chi connectivity index (χ0) is 23.1. The Morgan fingerprint density at radius 1 is 1.03 bits per heavy atom. The summed E-state index contributed by atoms with van der Waals surface area (Å²) in [5.41, 5.74) is 3.02. The number of aryl methyl sites for hydroxylation is 1. The van der Waals surface area contributed by atoms with Gasteiger partial charge in [0.2, 0.25) is 5.78 Å². The van der Waals surface area contributed by atoms with Crippen LogP contribution in [0.2, 0.25) is 0 Å². The van der Waals surface area contributed by atoms with E-state index >= 15 is 0 Å². The van der Waals surface area contributed by atoms with Crippen molar-refractivity contribution in [1.29, 1.82) is 0 Å². The topological polar surface area (TPSA) is 70.7 Å². The van der Waals surface area contributed by atoms with Crippen molar-refractivity contribution in [2.75, 3.05) is 4.90 Å². The van der Waals surface area contributed by atoms with Crippen LogP contribution in [0, 0.1) is 0 Å². The summed E-state index contributed by atoms with van der Waals surface area (Å²) in [6.07, 6.45) is 0.869. The first kappa shape index (κ1) is 21.2. The third-order valence-corrected chi connectivity index (χ3v) is 6.39. The molecule has 0 bridgehead atoms. The lowest BCUT2D eigenvalue weighted by molar-refractivity contribution is -0.117. The van der Waals surface area contributed by atoms with Crippen LogP contribution in [0.25, 0.3) is 11.0 Å². The highest BCUT2D eigenvalue weighted by Crippen LogP contribution is 2.42. The molecule has 0 saturated carbocycles. The van der Waals surface area contributed by atoms with Gasteiger partial charge in [0.1, 0.15) is 5.58 Å². The minimum absolute atomic E-state index is 0.00576. The van der Waals surface area contributed by atoms with Crippen LogP contribution in [0.4, 0.5) is 5.69 Å². The van der Waals surface area contributed by atoms with E-state index in [2.05, 4.69) is 22.9 Å². The lowest BCUT2D eigenvalue weighted by atomic mass is 9.94. The normalized spacial score (nSPS) is 16.1. The summed E-state index contributed by atoms with van der Waals surface area (Å²) in [5, 5.41) is 11.6. The van der Waals surface area contributed by atoms with Crippen LogP contribution in [0.3, 0.4) is 0 Å². The summed E-state index contributed by atoms with van der Waals surface area (Å²) < 4.78 is 6.66. The number of aliphatic hydroxyl groups is 1. The number of carbonyl (C=O) groups excluding carboxylic acids is 2. The predicted molar refractivity (Wildman–Crippen MR) is 130 cm³/mol. The molecule has 1 aliphatic heterocycles. The van der Waals surface area contributed by atoms with Gasteiger partial charge < -0.3 is 9.52 Å². The van der Waals surface area contributed by atoms with Crippen LogP contribution in [0.1, 0.15) is 34.6 Å². The molecule has 0 radical (unpaired) electrons. The molecule has 1 unspecified atom stereocenters. The van der Waals surface area contributed by atoms with Gasteiger partial charge in [-0.05, 0) is 53.9 Å². The van der Waals surface area contributed by atoms with E-state index in [1.54, 1.807) is 24.3 Å². The summed E-state index contributed by atoms with van der Waals surface area (Å²) in [7, 11) is 0. The number of halogens is 1. The zero-order valence-electron chi connectivity index (χ0n) is 17.8. The Labute approximate surface area is 199 Å². The van der Waals surface area contributed by atoms with Crippen LogP contribution in [0.15, 0.2) is 99.1 Å². The summed E-state index contributed by atoms with van der Waals surface area (Å²) in [6, 6.07) is 23.1. The number of para-hydroxylation sites is 1. The quantitative estimate of drug-likeness (QED) is 0.315. The van der Waals surface area contributed by atoms with E-state index in [4.69, 9.17) is 4.42 Å². The van der Waals surface area contributed by atoms with Crippen LogP contribution in [-0.2, 0) is 11.2 Å². The Morgan fingerprint density at radius 3 is 2.45 bits per heavy atom. The van der Waals surface area contributed by atoms with Crippen molar-refractivity contribution in [3.05, 3.63) is 112 Å². The summed E-state index contributed by atoms with van der Waals surface area (Å²) in [6.45, 7) is 2.06. The Balaban J connectivity index is 1.65. The lowest BCUT2D eigenvalue weighted by Gasteiger charge is -2.27. The van der Waals surface area contributed by atoms with Gasteiger partial charge in [0.15, 0.2) is 11.5 Å². The van der Waals surface area contributed by atoms with Gasteiger partial charge in [-0.15, -0.1) is 0 Å². The fourth-order valence-corrected chi connectivity index (χ4v) is 4.58. The van der Waals surface area contributed by atoms with Gasteiger partial charge in [-0.1, -0.05) is 65.3 Å². The Hall–Kier alpha value is -3.64. The third kappa shape index (κ3) is 3.66. The molecule has 1 aliphatic rings. The van der Waals surface area contributed by atoms with Gasteiger partial charge in [-0.3, -0.25) is 14.5 Å². The number of rotatable bonds is 5. The minimum Gasteiger partial charge on any atom is -0.503 e. The summed E-state index contributed by atoms with van der Waals surface area (Å²) >= 11 is 3.42. The molecule has 3 aromatic carbocycles. The molecule has 4 aromatic rings. The number of carbonyl (C=O) groups is 2. The molecular formula is C27H20BrNO4. The first-order chi connectivity index (χ1) is 16.0. The maximum absolute atomic E-state index is 13.6. The SMILES string of the molecule is CCc1ccc(C2C(C(=O)c3cc4cc(Br)ccc4o3)=C(O)C(=O)N2c2ccccc2)cc1. The molecule has 1 amide bonds. The van der Waals surface area contributed by atoms with E-state index in [-0.39, 0.29) is 11.3 Å². The van der Waals surface area contributed by atoms with Crippen molar-refractivity contribution in [3.8, 4) is 0 Å². The average molecular weight is 502 g/mol. The molecule has 1 N–H and O–H groups in total. The number of hydrogen-bond donors (Lipinski definition) is 1. The molecule has 164 valence electrons. The van der Waals surface area contributed by atoms with E-state index in [1.807, 2.05) is 54.6 Å². The number of hydrogen-bond acceptors (Lipinski definition) is 4. The van der Waals surface area contributed by atoms with E-state index in [1.165, 1.54) is 4.90 Å². The van der Waals surface area contributed by atoms with Gasteiger partial charge in [-0.25, -0.2) is 0 Å². The Kier molecular flexibility index (Phi) is 5.38. The number of furan rings is 1. The number of fused-ring (bicyclic) bond motifs is 1. The molecule has 1 atom stereocenters. The second kappa shape index (κ2) is 8.37. The van der Waals surface area contributed by atoms with Crippen molar-refractivity contribution in [3.63, 3.8) is 0 Å². The maximum atomic E-state index is 13.6. The van der Waals surface area contributed by atoms with Crippen molar-refractivity contribution < 1.29 is 19.1 Å². The average Bonchev–Trinajstić information content (AvgIpc) is 3.38. The van der Waals surface area contributed by atoms with Gasteiger partial charge >= 0.3 is 0 Å². The second-order valence-corrected chi connectivity index (χ2v) is 8.81. The van der Waals surface area contributed by atoms with Crippen molar-refractivity contribution >= 4 is 44.3 Å². The number of benzene rings is 3.